The molecule has 2 aliphatic heterocycles. The summed E-state index contributed by atoms with van der Waals surface area (Å²) in [7, 11) is 0. The van der Waals surface area contributed by atoms with Crippen LogP contribution in [0.25, 0.3) is 0 Å². The molecule has 0 saturated carbocycles. The number of nitrogens with one attached hydrogen (secondary N) is 1. The lowest BCUT2D eigenvalue weighted by Crippen LogP contribution is -2.52. The normalized spacial score (nSPS) is 18.7. The number of benzene rings is 2. The van der Waals surface area contributed by atoms with Gasteiger partial charge in [0.15, 0.2) is 5.25 Å². The molecule has 156 valence electrons. The van der Waals surface area contributed by atoms with Crippen molar-refractivity contribution in [1.82, 2.24) is 4.90 Å². The predicted molar refractivity (Wildman–Crippen MR) is 114 cm³/mol. The van der Waals surface area contributed by atoms with E-state index < -0.39 is 22.9 Å². The van der Waals surface area contributed by atoms with Gasteiger partial charge in [-0.1, -0.05) is 24.3 Å². The Kier molecular flexibility index (Phi) is 6.03. The van der Waals surface area contributed by atoms with Crippen LogP contribution in [0, 0.1) is 5.82 Å². The molecule has 0 aromatic heterocycles. The molecule has 0 radical (unpaired) electrons. The zero-order valence-electron chi connectivity index (χ0n) is 16.3. The second kappa shape index (κ2) is 8.87. The van der Waals surface area contributed by atoms with E-state index >= 15 is 0 Å². The summed E-state index contributed by atoms with van der Waals surface area (Å²) >= 11 is 1.23. The molecule has 0 bridgehead atoms. The maximum Gasteiger partial charge on any atom is 0.250 e. The Hall–Kier alpha value is -2.87. The number of piperidine rings is 1. The van der Waals surface area contributed by atoms with Crippen molar-refractivity contribution in [3.63, 3.8) is 0 Å². The predicted octanol–water partition coefficient (Wildman–Crippen LogP) is 3.28. The average molecular weight is 428 g/mol. The number of halogens is 1. The Morgan fingerprint density at radius 3 is 2.50 bits per heavy atom. The smallest absolute Gasteiger partial charge is 0.250 e. The number of carbonyl (C=O) groups is 3. The first-order valence-electron chi connectivity index (χ1n) is 9.95. The first-order valence-corrected chi connectivity index (χ1v) is 10.8. The van der Waals surface area contributed by atoms with E-state index in [1.807, 2.05) is 12.1 Å². The van der Waals surface area contributed by atoms with Gasteiger partial charge in [-0.15, -0.1) is 11.8 Å². The third kappa shape index (κ3) is 4.18. The quantitative estimate of drug-likeness (QED) is 0.761. The largest absolute Gasteiger partial charge is 0.341 e. The Labute approximate surface area is 178 Å². The Bertz CT molecular complexity index is 978. The number of anilines is 2. The van der Waals surface area contributed by atoms with Gasteiger partial charge >= 0.3 is 0 Å². The molecule has 8 heteroatoms. The molecule has 4 rings (SSSR count). The van der Waals surface area contributed by atoms with Crippen molar-refractivity contribution in [3.05, 3.63) is 54.3 Å². The monoisotopic (exact) mass is 427 g/mol. The highest BCUT2D eigenvalue weighted by Gasteiger charge is 2.41. The van der Waals surface area contributed by atoms with E-state index in [1.165, 1.54) is 34.9 Å². The maximum absolute atomic E-state index is 13.9. The van der Waals surface area contributed by atoms with Crippen molar-refractivity contribution < 1.29 is 18.8 Å². The van der Waals surface area contributed by atoms with E-state index in [0.29, 0.717) is 18.8 Å². The molecular formula is C22H22FN3O3S. The Morgan fingerprint density at radius 2 is 1.73 bits per heavy atom. The van der Waals surface area contributed by atoms with Gasteiger partial charge in [0.2, 0.25) is 11.8 Å². The fourth-order valence-corrected chi connectivity index (χ4v) is 4.90. The standard InChI is InChI=1S/C22H22FN3O3S/c23-15-8-2-3-9-16(15)24-19(27)14-26-17-10-4-5-11-18(17)30-20(22(26)29)21(28)25-12-6-1-7-13-25/h2-5,8-11,20H,1,6-7,12-14H2,(H,24,27)/t20-/m1/s1. The van der Waals surface area contributed by atoms with Crippen LogP contribution in [0.1, 0.15) is 19.3 Å². The topological polar surface area (TPSA) is 69.7 Å². The molecule has 1 atom stereocenters. The number of hydrogen-bond acceptors (Lipinski definition) is 4. The summed E-state index contributed by atoms with van der Waals surface area (Å²) in [6, 6.07) is 13.1. The molecule has 3 amide bonds. The molecule has 2 aromatic carbocycles. The number of amides is 3. The fourth-order valence-electron chi connectivity index (χ4n) is 3.71. The van der Waals surface area contributed by atoms with Gasteiger partial charge in [-0.25, -0.2) is 4.39 Å². The lowest BCUT2D eigenvalue weighted by Gasteiger charge is -2.36. The Balaban J connectivity index is 1.56. The number of para-hydroxylation sites is 2. The van der Waals surface area contributed by atoms with E-state index in [0.717, 1.165) is 24.2 Å². The molecule has 1 fully saturated rings. The summed E-state index contributed by atoms with van der Waals surface area (Å²) in [6.07, 6.45) is 2.95. The van der Waals surface area contributed by atoms with Gasteiger partial charge in [-0.2, -0.15) is 0 Å². The molecule has 0 unspecified atom stereocenters. The zero-order chi connectivity index (χ0) is 21.1. The van der Waals surface area contributed by atoms with Crippen LogP contribution in [0.3, 0.4) is 0 Å². The molecule has 2 aromatic rings. The third-order valence-electron chi connectivity index (χ3n) is 5.23. The minimum Gasteiger partial charge on any atom is -0.341 e. The van der Waals surface area contributed by atoms with Crippen LogP contribution < -0.4 is 10.2 Å². The summed E-state index contributed by atoms with van der Waals surface area (Å²) < 4.78 is 13.9. The molecular weight excluding hydrogens is 405 g/mol. The number of fused-ring (bicyclic) bond motifs is 1. The first-order chi connectivity index (χ1) is 14.5. The number of carbonyl (C=O) groups excluding carboxylic acids is 3. The van der Waals surface area contributed by atoms with Gasteiger partial charge in [0.25, 0.3) is 5.91 Å². The SMILES string of the molecule is O=C(CN1C(=O)[C@@H](C(=O)N2CCCCC2)Sc2ccccc21)Nc1ccccc1F. The molecule has 2 aliphatic rings. The van der Waals surface area contributed by atoms with Crippen LogP contribution >= 0.6 is 11.8 Å². The lowest BCUT2D eigenvalue weighted by atomic mass is 10.1. The summed E-state index contributed by atoms with van der Waals surface area (Å²) in [4.78, 5) is 42.7. The first kappa shape index (κ1) is 20.4. The van der Waals surface area contributed by atoms with Crippen LogP contribution in [0.2, 0.25) is 0 Å². The Morgan fingerprint density at radius 1 is 1.03 bits per heavy atom. The van der Waals surface area contributed by atoms with E-state index in [2.05, 4.69) is 5.32 Å². The van der Waals surface area contributed by atoms with Crippen LogP contribution in [-0.4, -0.2) is 47.5 Å². The summed E-state index contributed by atoms with van der Waals surface area (Å²) in [6.45, 7) is 1.01. The molecule has 0 spiro atoms. The second-order valence-electron chi connectivity index (χ2n) is 7.30. The molecule has 30 heavy (non-hydrogen) atoms. The van der Waals surface area contributed by atoms with Gasteiger partial charge in [0, 0.05) is 18.0 Å². The minimum absolute atomic E-state index is 0.0514. The van der Waals surface area contributed by atoms with E-state index in [1.54, 1.807) is 23.1 Å². The van der Waals surface area contributed by atoms with Crippen LogP contribution in [0.5, 0.6) is 0 Å². The van der Waals surface area contributed by atoms with Crippen molar-refractivity contribution in [1.29, 1.82) is 0 Å². The van der Waals surface area contributed by atoms with E-state index in [-0.39, 0.29) is 18.1 Å². The van der Waals surface area contributed by atoms with Crippen molar-refractivity contribution in [2.24, 2.45) is 0 Å². The molecule has 1 saturated heterocycles. The zero-order valence-corrected chi connectivity index (χ0v) is 17.2. The lowest BCUT2D eigenvalue weighted by molar-refractivity contribution is -0.135. The number of likely N-dealkylation sites (tertiary alicyclic amines) is 1. The number of rotatable bonds is 4. The van der Waals surface area contributed by atoms with Crippen molar-refractivity contribution in [3.8, 4) is 0 Å². The highest BCUT2D eigenvalue weighted by molar-refractivity contribution is 8.01. The second-order valence-corrected chi connectivity index (χ2v) is 8.45. The van der Waals surface area contributed by atoms with E-state index in [4.69, 9.17) is 0 Å². The summed E-state index contributed by atoms with van der Waals surface area (Å²) in [5.74, 6) is -1.71. The number of nitrogens with zero attached hydrogens (tertiary/aromatic N) is 2. The van der Waals surface area contributed by atoms with Gasteiger partial charge < -0.3 is 15.1 Å². The third-order valence-corrected chi connectivity index (χ3v) is 6.47. The van der Waals surface area contributed by atoms with Gasteiger partial charge in [0.05, 0.1) is 11.4 Å². The number of hydrogen-bond donors (Lipinski definition) is 1. The summed E-state index contributed by atoms with van der Waals surface area (Å²) in [5.41, 5.74) is 0.634. The van der Waals surface area contributed by atoms with Gasteiger partial charge in [-0.3, -0.25) is 14.4 Å². The molecule has 6 nitrogen and oxygen atoms in total. The number of thioether (sulfide) groups is 1. The van der Waals surface area contributed by atoms with Crippen LogP contribution in [0.15, 0.2) is 53.4 Å². The molecule has 2 heterocycles. The van der Waals surface area contributed by atoms with Gasteiger partial charge in [0.1, 0.15) is 12.4 Å². The molecule has 1 N–H and O–H groups in total. The van der Waals surface area contributed by atoms with Crippen molar-refractivity contribution in [2.45, 2.75) is 29.4 Å². The summed E-state index contributed by atoms with van der Waals surface area (Å²) in [5, 5.41) is 1.59. The van der Waals surface area contributed by atoms with Crippen molar-refractivity contribution in [2.75, 3.05) is 29.9 Å². The highest BCUT2D eigenvalue weighted by atomic mass is 32.2. The highest BCUT2D eigenvalue weighted by Crippen LogP contribution is 2.40. The van der Waals surface area contributed by atoms with Crippen LogP contribution in [0.4, 0.5) is 15.8 Å². The van der Waals surface area contributed by atoms with Crippen LogP contribution in [-0.2, 0) is 14.4 Å². The maximum atomic E-state index is 13.9. The van der Waals surface area contributed by atoms with Crippen molar-refractivity contribution >= 4 is 40.9 Å². The van der Waals surface area contributed by atoms with Gasteiger partial charge in [-0.05, 0) is 43.5 Å². The molecule has 0 aliphatic carbocycles. The average Bonchev–Trinajstić information content (AvgIpc) is 2.77. The fraction of sp³-hybridized carbons (Fsp3) is 0.318. The minimum atomic E-state index is -0.917. The van der Waals surface area contributed by atoms with E-state index in [9.17, 15) is 18.8 Å².